The van der Waals surface area contributed by atoms with E-state index >= 15 is 0 Å². The van der Waals surface area contributed by atoms with Crippen molar-refractivity contribution < 1.29 is 0 Å². The van der Waals surface area contributed by atoms with Gasteiger partial charge in [0.2, 0.25) is 0 Å². The summed E-state index contributed by atoms with van der Waals surface area (Å²) >= 11 is 0. The number of imidazole rings is 1. The van der Waals surface area contributed by atoms with Crippen LogP contribution in [0.3, 0.4) is 0 Å². The van der Waals surface area contributed by atoms with Gasteiger partial charge >= 0.3 is 0 Å². The van der Waals surface area contributed by atoms with Crippen LogP contribution in [-0.2, 0) is 13.0 Å². The van der Waals surface area contributed by atoms with Crippen LogP contribution in [-0.4, -0.2) is 28.4 Å². The molecule has 0 aliphatic carbocycles. The highest BCUT2D eigenvalue weighted by Crippen LogP contribution is 2.10. The van der Waals surface area contributed by atoms with Gasteiger partial charge in [-0.15, -0.1) is 0 Å². The lowest BCUT2D eigenvalue weighted by molar-refractivity contribution is 0.791. The van der Waals surface area contributed by atoms with E-state index in [2.05, 4.69) is 58.3 Å². The topological polar surface area (TPSA) is 53.7 Å². The number of benzene rings is 1. The summed E-state index contributed by atoms with van der Waals surface area (Å²) in [6.07, 6.45) is 4.99. The fourth-order valence-electron chi connectivity index (χ4n) is 2.73. The number of nitrogens with one attached hydrogen (secondary N) is 2. The molecule has 0 saturated heterocycles. The zero-order chi connectivity index (χ0) is 17.5. The van der Waals surface area contributed by atoms with Crippen molar-refractivity contribution in [3.8, 4) is 0 Å². The molecule has 5 nitrogen and oxygen atoms in total. The number of hydrogen-bond donors (Lipinski definition) is 2. The Morgan fingerprint density at radius 3 is 2.72 bits per heavy atom. The molecule has 2 aromatic heterocycles. The number of aromatic nitrogens is 2. The van der Waals surface area contributed by atoms with E-state index in [1.54, 1.807) is 0 Å². The van der Waals surface area contributed by atoms with Crippen molar-refractivity contribution in [3.05, 3.63) is 71.7 Å². The first-order chi connectivity index (χ1) is 12.3. The quantitative estimate of drug-likeness (QED) is 0.538. The first-order valence-corrected chi connectivity index (χ1v) is 8.75. The molecule has 3 aromatic rings. The lowest BCUT2D eigenvalue weighted by atomic mass is 10.2. The van der Waals surface area contributed by atoms with Gasteiger partial charge < -0.3 is 15.0 Å². The highest BCUT2D eigenvalue weighted by atomic mass is 15.2. The molecule has 0 aliphatic heterocycles. The predicted molar refractivity (Wildman–Crippen MR) is 103 cm³/mol. The average Bonchev–Trinajstić information content (AvgIpc) is 3.05. The molecule has 0 amide bonds. The van der Waals surface area contributed by atoms with Gasteiger partial charge in [-0.1, -0.05) is 36.4 Å². The van der Waals surface area contributed by atoms with E-state index in [4.69, 9.17) is 4.98 Å². The van der Waals surface area contributed by atoms with Gasteiger partial charge in [0, 0.05) is 31.9 Å². The number of aliphatic imine (C=N–C) groups is 1. The molecule has 0 atom stereocenters. The summed E-state index contributed by atoms with van der Waals surface area (Å²) in [6, 6.07) is 14.4. The molecule has 0 aliphatic rings. The Morgan fingerprint density at radius 2 is 1.96 bits per heavy atom. The van der Waals surface area contributed by atoms with Crippen molar-refractivity contribution in [2.75, 3.05) is 13.1 Å². The Hall–Kier alpha value is -2.82. The monoisotopic (exact) mass is 335 g/mol. The van der Waals surface area contributed by atoms with E-state index in [9.17, 15) is 0 Å². The van der Waals surface area contributed by atoms with Crippen molar-refractivity contribution >= 4 is 11.6 Å². The number of hydrogen-bond acceptors (Lipinski definition) is 2. The molecular weight excluding hydrogens is 310 g/mol. The van der Waals surface area contributed by atoms with Gasteiger partial charge in [-0.3, -0.25) is 0 Å². The summed E-state index contributed by atoms with van der Waals surface area (Å²) in [5.41, 5.74) is 4.51. The van der Waals surface area contributed by atoms with Crippen LogP contribution in [0.1, 0.15) is 23.7 Å². The Balaban J connectivity index is 1.58. The SMILES string of the molecule is CCNC(=NCc1ccccc1)NCCc1cn2cccc(C)c2n1. The van der Waals surface area contributed by atoms with Gasteiger partial charge in [-0.05, 0) is 31.0 Å². The van der Waals surface area contributed by atoms with E-state index in [-0.39, 0.29) is 0 Å². The minimum Gasteiger partial charge on any atom is -0.357 e. The zero-order valence-electron chi connectivity index (χ0n) is 14.9. The maximum atomic E-state index is 4.71. The number of aryl methyl sites for hydroxylation is 1. The Morgan fingerprint density at radius 1 is 1.12 bits per heavy atom. The molecular formula is C20H25N5. The van der Waals surface area contributed by atoms with Crippen molar-refractivity contribution in [3.63, 3.8) is 0 Å². The first-order valence-electron chi connectivity index (χ1n) is 8.75. The summed E-state index contributed by atoms with van der Waals surface area (Å²) in [7, 11) is 0. The first kappa shape index (κ1) is 17.0. The third-order valence-corrected chi connectivity index (χ3v) is 4.01. The minimum atomic E-state index is 0.670. The Kier molecular flexibility index (Phi) is 5.67. The summed E-state index contributed by atoms with van der Waals surface area (Å²) in [5.74, 6) is 0.839. The molecule has 5 heteroatoms. The van der Waals surface area contributed by atoms with Gasteiger partial charge in [-0.2, -0.15) is 0 Å². The van der Waals surface area contributed by atoms with Crippen LogP contribution in [0.15, 0.2) is 59.9 Å². The van der Waals surface area contributed by atoms with E-state index in [1.807, 2.05) is 30.5 Å². The van der Waals surface area contributed by atoms with E-state index < -0.39 is 0 Å². The summed E-state index contributed by atoms with van der Waals surface area (Å²) < 4.78 is 2.08. The molecule has 0 radical (unpaired) electrons. The molecule has 2 N–H and O–H groups in total. The Bertz CT molecular complexity index is 836. The van der Waals surface area contributed by atoms with Crippen LogP contribution in [0.4, 0.5) is 0 Å². The minimum absolute atomic E-state index is 0.670. The van der Waals surface area contributed by atoms with E-state index in [0.29, 0.717) is 6.54 Å². The smallest absolute Gasteiger partial charge is 0.191 e. The molecule has 0 bridgehead atoms. The molecule has 1 aromatic carbocycles. The van der Waals surface area contributed by atoms with Crippen LogP contribution in [0, 0.1) is 6.92 Å². The van der Waals surface area contributed by atoms with Gasteiger partial charge in [0.15, 0.2) is 5.96 Å². The van der Waals surface area contributed by atoms with Gasteiger partial charge in [0.25, 0.3) is 0 Å². The van der Waals surface area contributed by atoms with Crippen LogP contribution >= 0.6 is 0 Å². The standard InChI is InChI=1S/C20H25N5/c1-3-21-20(23-14-17-9-5-4-6-10-17)22-12-11-18-15-25-13-7-8-16(2)19(25)24-18/h4-10,13,15H,3,11-12,14H2,1-2H3,(H2,21,22,23). The third kappa shape index (κ3) is 4.59. The van der Waals surface area contributed by atoms with Gasteiger partial charge in [-0.25, -0.2) is 9.98 Å². The Labute approximate surface area is 148 Å². The number of rotatable bonds is 6. The second-order valence-electron chi connectivity index (χ2n) is 6.01. The van der Waals surface area contributed by atoms with Crippen molar-refractivity contribution in [2.24, 2.45) is 4.99 Å². The maximum Gasteiger partial charge on any atom is 0.191 e. The molecule has 2 heterocycles. The lowest BCUT2D eigenvalue weighted by Crippen LogP contribution is -2.38. The summed E-state index contributed by atoms with van der Waals surface area (Å²) in [6.45, 7) is 6.47. The molecule has 3 rings (SSSR count). The number of nitrogens with zero attached hydrogens (tertiary/aromatic N) is 3. The van der Waals surface area contributed by atoms with Gasteiger partial charge in [0.1, 0.15) is 5.65 Å². The second kappa shape index (κ2) is 8.33. The highest BCUT2D eigenvalue weighted by Gasteiger charge is 2.04. The molecule has 130 valence electrons. The molecule has 0 saturated carbocycles. The van der Waals surface area contributed by atoms with Crippen LogP contribution in [0.5, 0.6) is 0 Å². The van der Waals surface area contributed by atoms with Crippen LogP contribution in [0.25, 0.3) is 5.65 Å². The maximum absolute atomic E-state index is 4.71. The summed E-state index contributed by atoms with van der Waals surface area (Å²) in [4.78, 5) is 9.35. The predicted octanol–water partition coefficient (Wildman–Crippen LogP) is 2.94. The molecule has 0 fully saturated rings. The summed E-state index contributed by atoms with van der Waals surface area (Å²) in [5, 5.41) is 6.68. The third-order valence-electron chi connectivity index (χ3n) is 4.01. The average molecular weight is 335 g/mol. The van der Waals surface area contributed by atoms with E-state index in [1.165, 1.54) is 11.1 Å². The van der Waals surface area contributed by atoms with Crippen molar-refractivity contribution in [2.45, 2.75) is 26.8 Å². The molecule has 0 spiro atoms. The lowest BCUT2D eigenvalue weighted by Gasteiger charge is -2.10. The zero-order valence-corrected chi connectivity index (χ0v) is 14.9. The molecule has 25 heavy (non-hydrogen) atoms. The fraction of sp³-hybridized carbons (Fsp3) is 0.300. The molecule has 0 unspecified atom stereocenters. The van der Waals surface area contributed by atoms with Gasteiger partial charge in [0.05, 0.1) is 12.2 Å². The highest BCUT2D eigenvalue weighted by molar-refractivity contribution is 5.79. The number of pyridine rings is 1. The fourth-order valence-corrected chi connectivity index (χ4v) is 2.73. The number of fused-ring (bicyclic) bond motifs is 1. The second-order valence-corrected chi connectivity index (χ2v) is 6.01. The van der Waals surface area contributed by atoms with Crippen molar-refractivity contribution in [1.29, 1.82) is 0 Å². The van der Waals surface area contributed by atoms with Crippen LogP contribution in [0.2, 0.25) is 0 Å². The number of guanidine groups is 1. The van der Waals surface area contributed by atoms with E-state index in [0.717, 1.165) is 36.8 Å². The van der Waals surface area contributed by atoms with Crippen molar-refractivity contribution in [1.82, 2.24) is 20.0 Å². The largest absolute Gasteiger partial charge is 0.357 e. The van der Waals surface area contributed by atoms with Crippen LogP contribution < -0.4 is 10.6 Å². The normalized spacial score (nSPS) is 11.7.